The number of carbonyl (C=O) groups is 1. The maximum Gasteiger partial charge on any atom is 0.240 e. The maximum absolute atomic E-state index is 12.5. The minimum absolute atomic E-state index is 0.0579. The molecule has 2 aromatic rings. The van der Waals surface area contributed by atoms with Gasteiger partial charge >= 0.3 is 0 Å². The van der Waals surface area contributed by atoms with Gasteiger partial charge in [0.2, 0.25) is 15.9 Å². The van der Waals surface area contributed by atoms with Crippen LogP contribution in [-0.2, 0) is 21.2 Å². The fourth-order valence-electron chi connectivity index (χ4n) is 3.26. The molecule has 0 radical (unpaired) electrons. The molecular weight excluding hydrogens is 336 g/mol. The van der Waals surface area contributed by atoms with Crippen molar-refractivity contribution in [2.24, 2.45) is 0 Å². The Morgan fingerprint density at radius 2 is 1.80 bits per heavy atom. The second-order valence-electron chi connectivity index (χ2n) is 6.22. The summed E-state index contributed by atoms with van der Waals surface area (Å²) in [5.74, 6) is -0.0579. The SMILES string of the molecule is CN(C(=O)CCNS(=O)(=O)c1ccccc1)C1CCc2ccccc21. The van der Waals surface area contributed by atoms with E-state index in [0.717, 1.165) is 12.8 Å². The van der Waals surface area contributed by atoms with Gasteiger partial charge in [0.25, 0.3) is 0 Å². The summed E-state index contributed by atoms with van der Waals surface area (Å²) in [5, 5.41) is 0. The minimum Gasteiger partial charge on any atom is -0.339 e. The molecule has 0 fully saturated rings. The highest BCUT2D eigenvalue weighted by molar-refractivity contribution is 7.89. The van der Waals surface area contributed by atoms with E-state index < -0.39 is 10.0 Å². The largest absolute Gasteiger partial charge is 0.339 e. The molecule has 3 rings (SSSR count). The molecule has 1 aliphatic rings. The zero-order valence-corrected chi connectivity index (χ0v) is 15.0. The van der Waals surface area contributed by atoms with Crippen molar-refractivity contribution < 1.29 is 13.2 Å². The number of amides is 1. The maximum atomic E-state index is 12.5. The van der Waals surface area contributed by atoms with Crippen LogP contribution in [0.2, 0.25) is 0 Å². The molecule has 25 heavy (non-hydrogen) atoms. The average Bonchev–Trinajstić information content (AvgIpc) is 3.05. The first kappa shape index (κ1) is 17.6. The number of benzene rings is 2. The summed E-state index contributed by atoms with van der Waals surface area (Å²) in [6, 6.07) is 16.4. The highest BCUT2D eigenvalue weighted by Crippen LogP contribution is 2.34. The van der Waals surface area contributed by atoms with Gasteiger partial charge in [0.1, 0.15) is 0 Å². The first-order valence-electron chi connectivity index (χ1n) is 8.37. The molecule has 1 amide bonds. The summed E-state index contributed by atoms with van der Waals surface area (Å²) in [6.07, 6.45) is 2.03. The van der Waals surface area contributed by atoms with Gasteiger partial charge in [-0.25, -0.2) is 13.1 Å². The Balaban J connectivity index is 1.57. The lowest BCUT2D eigenvalue weighted by atomic mass is 10.1. The summed E-state index contributed by atoms with van der Waals surface area (Å²) >= 11 is 0. The van der Waals surface area contributed by atoms with Crippen molar-refractivity contribution in [2.75, 3.05) is 13.6 Å². The van der Waals surface area contributed by atoms with Crippen molar-refractivity contribution in [2.45, 2.75) is 30.2 Å². The van der Waals surface area contributed by atoms with Crippen molar-refractivity contribution in [1.82, 2.24) is 9.62 Å². The number of aryl methyl sites for hydroxylation is 1. The van der Waals surface area contributed by atoms with Crippen molar-refractivity contribution in [3.05, 3.63) is 65.7 Å². The second kappa shape index (κ2) is 7.37. The average molecular weight is 358 g/mol. The minimum atomic E-state index is -3.57. The smallest absolute Gasteiger partial charge is 0.240 e. The Hall–Kier alpha value is -2.18. The molecule has 0 heterocycles. The first-order valence-corrected chi connectivity index (χ1v) is 9.85. The van der Waals surface area contributed by atoms with E-state index in [9.17, 15) is 13.2 Å². The highest BCUT2D eigenvalue weighted by Gasteiger charge is 2.28. The lowest BCUT2D eigenvalue weighted by Crippen LogP contribution is -2.34. The fraction of sp³-hybridized carbons (Fsp3) is 0.316. The van der Waals surface area contributed by atoms with Crippen molar-refractivity contribution in [1.29, 1.82) is 0 Å². The third-order valence-corrected chi connectivity index (χ3v) is 6.12. The quantitative estimate of drug-likeness (QED) is 0.863. The third kappa shape index (κ3) is 3.91. The Morgan fingerprint density at radius 3 is 2.56 bits per heavy atom. The zero-order valence-electron chi connectivity index (χ0n) is 14.2. The van der Waals surface area contributed by atoms with Crippen LogP contribution in [-0.4, -0.2) is 32.8 Å². The van der Waals surface area contributed by atoms with Crippen LogP contribution in [0.15, 0.2) is 59.5 Å². The second-order valence-corrected chi connectivity index (χ2v) is 7.99. The number of rotatable bonds is 6. The van der Waals surface area contributed by atoms with Gasteiger partial charge in [-0.1, -0.05) is 42.5 Å². The molecule has 0 bridgehead atoms. The standard InChI is InChI=1S/C19H22N2O3S/c1-21(18-12-11-15-7-5-6-10-17(15)18)19(22)13-14-20-25(23,24)16-8-3-2-4-9-16/h2-10,18,20H,11-14H2,1H3. The van der Waals surface area contributed by atoms with Gasteiger partial charge in [0.15, 0.2) is 0 Å². The van der Waals surface area contributed by atoms with Gasteiger partial charge in [-0.3, -0.25) is 4.79 Å². The Bertz CT molecular complexity index is 850. The van der Waals surface area contributed by atoms with Gasteiger partial charge in [-0.2, -0.15) is 0 Å². The number of nitrogens with zero attached hydrogens (tertiary/aromatic N) is 1. The molecule has 6 heteroatoms. The molecule has 0 saturated carbocycles. The predicted octanol–water partition coefficient (Wildman–Crippen LogP) is 2.50. The Kier molecular flexibility index (Phi) is 5.20. The van der Waals surface area contributed by atoms with Gasteiger partial charge in [0.05, 0.1) is 10.9 Å². The van der Waals surface area contributed by atoms with Crippen LogP contribution in [0, 0.1) is 0 Å². The van der Waals surface area contributed by atoms with Crippen LogP contribution in [0.5, 0.6) is 0 Å². The molecule has 1 atom stereocenters. The van der Waals surface area contributed by atoms with Crippen LogP contribution < -0.4 is 4.72 Å². The normalized spacial score (nSPS) is 16.4. The highest BCUT2D eigenvalue weighted by atomic mass is 32.2. The van der Waals surface area contributed by atoms with Gasteiger partial charge in [-0.15, -0.1) is 0 Å². The Morgan fingerprint density at radius 1 is 1.12 bits per heavy atom. The molecule has 5 nitrogen and oxygen atoms in total. The van der Waals surface area contributed by atoms with Crippen LogP contribution in [0.4, 0.5) is 0 Å². The lowest BCUT2D eigenvalue weighted by Gasteiger charge is -2.25. The van der Waals surface area contributed by atoms with Crippen LogP contribution in [0.25, 0.3) is 0 Å². The molecule has 1 aliphatic carbocycles. The summed E-state index contributed by atoms with van der Waals surface area (Å²) in [7, 11) is -1.78. The van der Waals surface area contributed by atoms with Crippen molar-refractivity contribution in [3.8, 4) is 0 Å². The van der Waals surface area contributed by atoms with Crippen LogP contribution >= 0.6 is 0 Å². The van der Waals surface area contributed by atoms with Crippen molar-refractivity contribution in [3.63, 3.8) is 0 Å². The summed E-state index contributed by atoms with van der Waals surface area (Å²) in [5.41, 5.74) is 2.49. The van der Waals surface area contributed by atoms with Gasteiger partial charge in [0, 0.05) is 20.0 Å². The number of sulfonamides is 1. The molecule has 2 aromatic carbocycles. The Labute approximate surface area is 148 Å². The molecule has 132 valence electrons. The van der Waals surface area contributed by atoms with Crippen LogP contribution in [0.3, 0.4) is 0 Å². The number of fused-ring (bicyclic) bond motifs is 1. The van der Waals surface area contributed by atoms with E-state index in [-0.39, 0.29) is 29.8 Å². The van der Waals surface area contributed by atoms with E-state index in [0.29, 0.717) is 0 Å². The predicted molar refractivity (Wildman–Crippen MR) is 96.5 cm³/mol. The van der Waals surface area contributed by atoms with Crippen LogP contribution in [0.1, 0.15) is 30.0 Å². The first-order chi connectivity index (χ1) is 12.0. The van der Waals surface area contributed by atoms with Crippen molar-refractivity contribution >= 4 is 15.9 Å². The van der Waals surface area contributed by atoms with E-state index in [1.165, 1.54) is 23.3 Å². The van der Waals surface area contributed by atoms with E-state index in [1.54, 1.807) is 30.1 Å². The summed E-state index contributed by atoms with van der Waals surface area (Å²) < 4.78 is 26.8. The number of nitrogens with one attached hydrogen (secondary N) is 1. The lowest BCUT2D eigenvalue weighted by molar-refractivity contribution is -0.131. The third-order valence-electron chi connectivity index (χ3n) is 4.65. The molecular formula is C19H22N2O3S. The monoisotopic (exact) mass is 358 g/mol. The van der Waals surface area contributed by atoms with E-state index in [2.05, 4.69) is 16.9 Å². The molecule has 1 unspecified atom stereocenters. The van der Waals surface area contributed by atoms with E-state index >= 15 is 0 Å². The fourth-order valence-corrected chi connectivity index (χ4v) is 4.32. The summed E-state index contributed by atoms with van der Waals surface area (Å²) in [6.45, 7) is 0.0920. The van der Waals surface area contributed by atoms with Gasteiger partial charge in [-0.05, 0) is 36.1 Å². The topological polar surface area (TPSA) is 66.5 Å². The van der Waals surface area contributed by atoms with Gasteiger partial charge < -0.3 is 4.90 Å². The van der Waals surface area contributed by atoms with E-state index in [4.69, 9.17) is 0 Å². The zero-order chi connectivity index (χ0) is 17.9. The van der Waals surface area contributed by atoms with E-state index in [1.807, 2.05) is 12.1 Å². The molecule has 0 spiro atoms. The molecule has 0 saturated heterocycles. The number of hydrogen-bond acceptors (Lipinski definition) is 3. The number of hydrogen-bond donors (Lipinski definition) is 1. The summed E-state index contributed by atoms with van der Waals surface area (Å²) in [4.78, 5) is 14.4. The molecule has 0 aromatic heterocycles. The number of carbonyl (C=O) groups excluding carboxylic acids is 1. The molecule has 1 N–H and O–H groups in total. The molecule has 0 aliphatic heterocycles.